The van der Waals surface area contributed by atoms with Crippen LogP contribution in [0.5, 0.6) is 0 Å². The lowest BCUT2D eigenvalue weighted by atomic mass is 10.2. The Morgan fingerprint density at radius 3 is 2.86 bits per heavy atom. The van der Waals surface area contributed by atoms with E-state index in [0.29, 0.717) is 11.3 Å². The zero-order chi connectivity index (χ0) is 15.2. The molecule has 0 saturated carbocycles. The van der Waals surface area contributed by atoms with Gasteiger partial charge in [-0.25, -0.2) is 4.39 Å². The van der Waals surface area contributed by atoms with Crippen LogP contribution in [0, 0.1) is 5.82 Å². The van der Waals surface area contributed by atoms with Crippen LogP contribution in [0.2, 0.25) is 5.02 Å². The third-order valence-corrected chi connectivity index (χ3v) is 4.23. The molecule has 1 N–H and O–H groups in total. The minimum Gasteiger partial charge on any atom is -0.467 e. The van der Waals surface area contributed by atoms with Gasteiger partial charge in [0.1, 0.15) is 17.3 Å². The Hall–Kier alpha value is -1.66. The second kappa shape index (κ2) is 7.38. The number of amides is 1. The molecule has 1 heterocycles. The third kappa shape index (κ3) is 4.99. The van der Waals surface area contributed by atoms with Crippen molar-refractivity contribution in [2.24, 2.45) is 0 Å². The first-order valence-corrected chi connectivity index (χ1v) is 7.99. The molecule has 0 spiro atoms. The first kappa shape index (κ1) is 15.7. The molecule has 0 saturated heterocycles. The minimum absolute atomic E-state index is 0.104. The van der Waals surface area contributed by atoms with E-state index < -0.39 is 16.6 Å². The van der Waals surface area contributed by atoms with Crippen molar-refractivity contribution in [3.05, 3.63) is 58.8 Å². The summed E-state index contributed by atoms with van der Waals surface area (Å²) in [6, 6.07) is 7.32. The summed E-state index contributed by atoms with van der Waals surface area (Å²) in [5, 5.41) is 2.81. The zero-order valence-electron chi connectivity index (χ0n) is 11.0. The number of carbonyl (C=O) groups is 1. The molecule has 2 aromatic rings. The lowest BCUT2D eigenvalue weighted by Crippen LogP contribution is -2.28. The van der Waals surface area contributed by atoms with E-state index in [1.807, 2.05) is 0 Å². The van der Waals surface area contributed by atoms with Crippen LogP contribution in [0.3, 0.4) is 0 Å². The first-order chi connectivity index (χ1) is 10.0. The molecule has 21 heavy (non-hydrogen) atoms. The zero-order valence-corrected chi connectivity index (χ0v) is 12.5. The Morgan fingerprint density at radius 1 is 1.38 bits per heavy atom. The molecule has 112 valence electrons. The van der Waals surface area contributed by atoms with Crippen molar-refractivity contribution in [1.29, 1.82) is 0 Å². The summed E-state index contributed by atoms with van der Waals surface area (Å²) in [5.41, 5.74) is 0.551. The smallest absolute Gasteiger partial charge is 0.233 e. The summed E-state index contributed by atoms with van der Waals surface area (Å²) >= 11 is 5.85. The van der Waals surface area contributed by atoms with Crippen molar-refractivity contribution in [3.63, 3.8) is 0 Å². The molecule has 0 aliphatic heterocycles. The van der Waals surface area contributed by atoms with Gasteiger partial charge in [0.2, 0.25) is 5.91 Å². The topological polar surface area (TPSA) is 59.3 Å². The van der Waals surface area contributed by atoms with Crippen LogP contribution >= 0.6 is 11.6 Å². The second-order valence-corrected chi connectivity index (χ2v) is 6.18. The highest BCUT2D eigenvalue weighted by atomic mass is 35.5. The fourth-order valence-corrected chi connectivity index (χ4v) is 3.07. The van der Waals surface area contributed by atoms with E-state index in [9.17, 15) is 13.4 Å². The Kier molecular flexibility index (Phi) is 5.52. The average molecular weight is 330 g/mol. The van der Waals surface area contributed by atoms with Crippen molar-refractivity contribution in [3.8, 4) is 0 Å². The van der Waals surface area contributed by atoms with Gasteiger partial charge < -0.3 is 9.73 Å². The minimum atomic E-state index is -1.42. The molecule has 1 aromatic carbocycles. The Bertz CT molecular complexity index is 646. The highest BCUT2D eigenvalue weighted by Gasteiger charge is 2.11. The SMILES string of the molecule is O=C(CS(=O)Cc1ccc(F)cc1Cl)NCc1ccco1. The van der Waals surface area contributed by atoms with Gasteiger partial charge in [-0.1, -0.05) is 17.7 Å². The highest BCUT2D eigenvalue weighted by Crippen LogP contribution is 2.18. The number of benzene rings is 1. The molecule has 0 bridgehead atoms. The maximum Gasteiger partial charge on any atom is 0.233 e. The first-order valence-electron chi connectivity index (χ1n) is 6.12. The lowest BCUT2D eigenvalue weighted by Gasteiger charge is -2.06. The largest absolute Gasteiger partial charge is 0.467 e. The van der Waals surface area contributed by atoms with E-state index >= 15 is 0 Å². The maximum absolute atomic E-state index is 12.9. The number of halogens is 2. The molecule has 0 radical (unpaired) electrons. The molecule has 0 aliphatic rings. The van der Waals surface area contributed by atoms with Gasteiger partial charge in [-0.15, -0.1) is 0 Å². The molecule has 0 aliphatic carbocycles. The Labute approximate surface area is 128 Å². The van der Waals surface area contributed by atoms with Crippen molar-refractivity contribution in [2.45, 2.75) is 12.3 Å². The van der Waals surface area contributed by atoms with Crippen molar-refractivity contribution in [1.82, 2.24) is 5.32 Å². The average Bonchev–Trinajstić information content (AvgIpc) is 2.93. The molecule has 0 fully saturated rings. The number of nitrogens with one attached hydrogen (secondary N) is 1. The second-order valence-electron chi connectivity index (χ2n) is 4.32. The highest BCUT2D eigenvalue weighted by molar-refractivity contribution is 7.84. The molecular weight excluding hydrogens is 317 g/mol. The summed E-state index contributed by atoms with van der Waals surface area (Å²) < 4.78 is 29.9. The quantitative estimate of drug-likeness (QED) is 0.886. The molecule has 1 atom stereocenters. The number of carbonyl (C=O) groups excluding carboxylic acids is 1. The van der Waals surface area contributed by atoms with Gasteiger partial charge in [0.15, 0.2) is 0 Å². The van der Waals surface area contributed by atoms with E-state index in [0.717, 1.165) is 6.07 Å². The number of rotatable bonds is 6. The summed E-state index contributed by atoms with van der Waals surface area (Å²) in [6.07, 6.45) is 1.51. The van der Waals surface area contributed by atoms with Gasteiger partial charge in [0.25, 0.3) is 0 Å². The maximum atomic E-state index is 12.9. The van der Waals surface area contributed by atoms with Gasteiger partial charge >= 0.3 is 0 Å². The van der Waals surface area contributed by atoms with Crippen LogP contribution in [0.25, 0.3) is 0 Å². The fourth-order valence-electron chi connectivity index (χ4n) is 1.66. The van der Waals surface area contributed by atoms with E-state index in [-0.39, 0.29) is 29.0 Å². The molecule has 1 unspecified atom stereocenters. The number of hydrogen-bond donors (Lipinski definition) is 1. The van der Waals surface area contributed by atoms with Gasteiger partial charge in [0.05, 0.1) is 18.6 Å². The molecule has 4 nitrogen and oxygen atoms in total. The molecule has 1 aromatic heterocycles. The van der Waals surface area contributed by atoms with Crippen molar-refractivity contribution >= 4 is 28.3 Å². The van der Waals surface area contributed by atoms with Gasteiger partial charge in [0, 0.05) is 15.8 Å². The van der Waals surface area contributed by atoms with Gasteiger partial charge in [-0.2, -0.15) is 0 Å². The van der Waals surface area contributed by atoms with Crippen LogP contribution < -0.4 is 5.32 Å². The van der Waals surface area contributed by atoms with E-state index in [2.05, 4.69) is 5.32 Å². The summed E-state index contributed by atoms with van der Waals surface area (Å²) in [6.45, 7) is 0.250. The monoisotopic (exact) mass is 329 g/mol. The summed E-state index contributed by atoms with van der Waals surface area (Å²) in [7, 11) is -1.42. The third-order valence-electron chi connectivity index (χ3n) is 2.66. The van der Waals surface area contributed by atoms with Crippen LogP contribution in [-0.4, -0.2) is 15.9 Å². The van der Waals surface area contributed by atoms with Gasteiger partial charge in [-0.05, 0) is 29.8 Å². The van der Waals surface area contributed by atoms with Crippen LogP contribution in [0.4, 0.5) is 4.39 Å². The van der Waals surface area contributed by atoms with Crippen LogP contribution in [0.1, 0.15) is 11.3 Å². The van der Waals surface area contributed by atoms with Crippen molar-refractivity contribution in [2.75, 3.05) is 5.75 Å². The normalized spacial score (nSPS) is 12.1. The van der Waals surface area contributed by atoms with E-state index in [1.165, 1.54) is 18.4 Å². The Morgan fingerprint density at radius 2 is 2.19 bits per heavy atom. The molecule has 2 rings (SSSR count). The molecular formula is C14H13ClFNO3S. The summed E-state index contributed by atoms with van der Waals surface area (Å²) in [4.78, 5) is 11.6. The number of hydrogen-bond acceptors (Lipinski definition) is 3. The van der Waals surface area contributed by atoms with Crippen LogP contribution in [-0.2, 0) is 27.9 Å². The van der Waals surface area contributed by atoms with Gasteiger partial charge in [-0.3, -0.25) is 9.00 Å². The fraction of sp³-hybridized carbons (Fsp3) is 0.214. The predicted molar refractivity (Wildman–Crippen MR) is 78.7 cm³/mol. The molecule has 1 amide bonds. The lowest BCUT2D eigenvalue weighted by molar-refractivity contribution is -0.118. The Balaban J connectivity index is 1.82. The van der Waals surface area contributed by atoms with Crippen LogP contribution in [0.15, 0.2) is 41.0 Å². The molecule has 7 heteroatoms. The van der Waals surface area contributed by atoms with E-state index in [1.54, 1.807) is 12.1 Å². The predicted octanol–water partition coefficient (Wildman–Crippen LogP) is 2.64. The summed E-state index contributed by atoms with van der Waals surface area (Å²) in [5.74, 6) is -0.216. The number of furan rings is 1. The van der Waals surface area contributed by atoms with Crippen molar-refractivity contribution < 1.29 is 17.8 Å². The standard InChI is InChI=1S/C14H13ClFNO3S/c15-13-6-11(16)4-3-10(13)8-21(19)9-14(18)17-7-12-2-1-5-20-12/h1-6H,7-9H2,(H,17,18). The van der Waals surface area contributed by atoms with E-state index in [4.69, 9.17) is 16.0 Å².